The lowest BCUT2D eigenvalue weighted by atomic mass is 9.85. The maximum absolute atomic E-state index is 13.3. The summed E-state index contributed by atoms with van der Waals surface area (Å²) >= 11 is 5.94. The van der Waals surface area contributed by atoms with Crippen LogP contribution in [-0.2, 0) is 0 Å². The van der Waals surface area contributed by atoms with Gasteiger partial charge < -0.3 is 9.84 Å². The van der Waals surface area contributed by atoms with Gasteiger partial charge in [0.15, 0.2) is 5.60 Å². The van der Waals surface area contributed by atoms with Gasteiger partial charge in [-0.25, -0.2) is 4.98 Å². The van der Waals surface area contributed by atoms with Crippen LogP contribution in [0.3, 0.4) is 0 Å². The summed E-state index contributed by atoms with van der Waals surface area (Å²) in [5.41, 5.74) is 0.921. The molecule has 0 aliphatic carbocycles. The molecule has 2 aliphatic rings. The summed E-state index contributed by atoms with van der Waals surface area (Å²) in [4.78, 5) is 6.48. The van der Waals surface area contributed by atoms with Crippen molar-refractivity contribution in [3.05, 3.63) is 83.1 Å². The van der Waals surface area contributed by atoms with Crippen LogP contribution in [-0.4, -0.2) is 52.0 Å². The smallest absolute Gasteiger partial charge is 0.417 e. The summed E-state index contributed by atoms with van der Waals surface area (Å²) in [6.07, 6.45) is -1.98. The molecule has 5 rings (SSSR count). The molecule has 4 nitrogen and oxygen atoms in total. The van der Waals surface area contributed by atoms with E-state index < -0.39 is 11.8 Å². The van der Waals surface area contributed by atoms with Gasteiger partial charge in [-0.2, -0.15) is 13.2 Å². The van der Waals surface area contributed by atoms with Gasteiger partial charge >= 0.3 is 6.18 Å². The summed E-state index contributed by atoms with van der Waals surface area (Å²) in [6.45, 7) is 0.898. The number of benzene rings is 2. The molecule has 3 heterocycles. The Morgan fingerprint density at radius 2 is 1.59 bits per heavy atom. The molecule has 0 spiro atoms. The van der Waals surface area contributed by atoms with Crippen molar-refractivity contribution in [3.8, 4) is 28.7 Å². The topological polar surface area (TPSA) is 45.6 Å². The second-order valence-corrected chi connectivity index (χ2v) is 10.1. The first-order valence-electron chi connectivity index (χ1n) is 12.2. The number of pyridine rings is 1. The summed E-state index contributed by atoms with van der Waals surface area (Å²) < 4.78 is 45.6. The largest absolute Gasteiger partial charge is 0.492 e. The van der Waals surface area contributed by atoms with E-state index in [9.17, 15) is 18.3 Å². The summed E-state index contributed by atoms with van der Waals surface area (Å²) in [6, 6.07) is 18.3. The minimum absolute atomic E-state index is 0.263. The van der Waals surface area contributed by atoms with E-state index in [0.717, 1.165) is 16.7 Å². The molecule has 1 N–H and O–H groups in total. The van der Waals surface area contributed by atoms with Crippen LogP contribution in [0.15, 0.2) is 66.9 Å². The van der Waals surface area contributed by atoms with E-state index in [2.05, 4.69) is 21.7 Å². The molecule has 0 radical (unpaired) electrons. The fourth-order valence-electron chi connectivity index (χ4n) is 5.23. The number of rotatable bonds is 5. The zero-order chi connectivity index (χ0) is 26.0. The maximum Gasteiger partial charge on any atom is 0.417 e. The highest BCUT2D eigenvalue weighted by atomic mass is 35.5. The minimum atomic E-state index is -4.59. The van der Waals surface area contributed by atoms with Crippen LogP contribution in [0.1, 0.15) is 36.9 Å². The maximum atomic E-state index is 13.3. The van der Waals surface area contributed by atoms with E-state index in [1.807, 2.05) is 60.7 Å². The Kier molecular flexibility index (Phi) is 7.17. The number of ether oxygens (including phenoxy) is 1. The average Bonchev–Trinajstić information content (AvgIpc) is 3.12. The van der Waals surface area contributed by atoms with Crippen LogP contribution in [0.25, 0.3) is 11.1 Å². The van der Waals surface area contributed by atoms with Crippen molar-refractivity contribution < 1.29 is 23.0 Å². The monoisotopic (exact) mass is 526 g/mol. The van der Waals surface area contributed by atoms with E-state index in [0.29, 0.717) is 42.5 Å². The van der Waals surface area contributed by atoms with Gasteiger partial charge in [0.2, 0.25) is 0 Å². The Labute approximate surface area is 219 Å². The van der Waals surface area contributed by atoms with E-state index >= 15 is 0 Å². The van der Waals surface area contributed by atoms with Crippen molar-refractivity contribution in [1.29, 1.82) is 0 Å². The summed E-state index contributed by atoms with van der Waals surface area (Å²) in [7, 11) is 0. The Bertz CT molecular complexity index is 1270. The van der Waals surface area contributed by atoms with Gasteiger partial charge in [-0.15, -0.1) is 0 Å². The molecule has 192 valence electrons. The molecule has 2 bridgehead atoms. The normalized spacial score (nSPS) is 23.4. The van der Waals surface area contributed by atoms with Crippen molar-refractivity contribution in [2.75, 3.05) is 13.2 Å². The van der Waals surface area contributed by atoms with Crippen molar-refractivity contribution in [1.82, 2.24) is 9.88 Å². The number of fused-ring (bicyclic) bond motifs is 2. The molecule has 3 aromatic rings. The summed E-state index contributed by atoms with van der Waals surface area (Å²) in [5.74, 6) is 6.82. The number of aliphatic hydroxyl groups is 1. The predicted octanol–water partition coefficient (Wildman–Crippen LogP) is 6.10. The number of hydrogen-bond acceptors (Lipinski definition) is 4. The van der Waals surface area contributed by atoms with Gasteiger partial charge in [0.05, 0.1) is 0 Å². The first kappa shape index (κ1) is 25.6. The third-order valence-corrected chi connectivity index (χ3v) is 7.45. The third-order valence-electron chi connectivity index (χ3n) is 7.19. The second kappa shape index (κ2) is 10.4. The van der Waals surface area contributed by atoms with Crippen molar-refractivity contribution >= 4 is 11.6 Å². The second-order valence-electron chi connectivity index (χ2n) is 9.62. The van der Waals surface area contributed by atoms with Gasteiger partial charge in [0.1, 0.15) is 18.1 Å². The van der Waals surface area contributed by atoms with Gasteiger partial charge in [-0.3, -0.25) is 4.90 Å². The Balaban J connectivity index is 1.12. The van der Waals surface area contributed by atoms with Gasteiger partial charge in [-0.1, -0.05) is 35.7 Å². The quantitative estimate of drug-likeness (QED) is 0.408. The minimum Gasteiger partial charge on any atom is -0.492 e. The predicted molar refractivity (Wildman–Crippen MR) is 136 cm³/mol. The van der Waals surface area contributed by atoms with Crippen molar-refractivity contribution in [3.63, 3.8) is 0 Å². The highest BCUT2D eigenvalue weighted by molar-refractivity contribution is 6.30. The van der Waals surface area contributed by atoms with Crippen molar-refractivity contribution in [2.24, 2.45) is 0 Å². The lowest BCUT2D eigenvalue weighted by Crippen LogP contribution is -2.58. The van der Waals surface area contributed by atoms with Gasteiger partial charge in [-0.05, 0) is 66.8 Å². The van der Waals surface area contributed by atoms with Crippen LogP contribution in [0.2, 0.25) is 5.02 Å². The highest BCUT2D eigenvalue weighted by Crippen LogP contribution is 2.47. The van der Waals surface area contributed by atoms with Crippen LogP contribution in [0.5, 0.6) is 5.75 Å². The number of nitrogens with zero attached hydrogens (tertiary/aromatic N) is 2. The molecule has 2 atom stereocenters. The lowest BCUT2D eigenvalue weighted by Gasteiger charge is -2.44. The Morgan fingerprint density at radius 3 is 2.19 bits per heavy atom. The molecule has 2 aromatic carbocycles. The van der Waals surface area contributed by atoms with Crippen LogP contribution in [0.4, 0.5) is 13.2 Å². The number of aromatic nitrogens is 1. The Hall–Kier alpha value is -3.05. The van der Waals surface area contributed by atoms with E-state index in [-0.39, 0.29) is 24.9 Å². The lowest BCUT2D eigenvalue weighted by molar-refractivity contribution is -0.279. The SMILES string of the molecule is OC1(C(F)(F)F)CC2CCC(C1)N2CCOc1ccc(C#Cc2ccc(-c3ccc(Cl)cc3)cn2)cc1. The average molecular weight is 527 g/mol. The highest BCUT2D eigenvalue weighted by Gasteiger charge is 2.60. The molecule has 2 saturated heterocycles. The van der Waals surface area contributed by atoms with E-state index in [1.165, 1.54) is 0 Å². The van der Waals surface area contributed by atoms with E-state index in [1.54, 1.807) is 6.20 Å². The fourth-order valence-corrected chi connectivity index (χ4v) is 5.36. The Morgan fingerprint density at radius 1 is 0.946 bits per heavy atom. The molecule has 1 aromatic heterocycles. The summed E-state index contributed by atoms with van der Waals surface area (Å²) in [5, 5.41) is 10.8. The number of piperidine rings is 1. The van der Waals surface area contributed by atoms with Crippen LogP contribution < -0.4 is 4.74 Å². The zero-order valence-electron chi connectivity index (χ0n) is 20.0. The molecular formula is C29H26ClF3N2O2. The van der Waals surface area contributed by atoms with Gasteiger partial charge in [0.25, 0.3) is 0 Å². The molecule has 0 amide bonds. The molecule has 2 unspecified atom stereocenters. The molecule has 2 aliphatic heterocycles. The number of hydrogen-bond donors (Lipinski definition) is 1. The molecule has 8 heteroatoms. The third kappa shape index (κ3) is 5.77. The molecular weight excluding hydrogens is 501 g/mol. The molecule has 2 fully saturated rings. The standard InChI is InChI=1S/C29H26ClF3N2O2/c30-23-7-4-21(5-8-23)22-6-10-24(34-19-22)9-1-20-2-13-27(14-3-20)37-16-15-35-25-11-12-26(35)18-28(36,17-25)29(31,32)33/h2-8,10,13-14,19,25-26,36H,11-12,15-18H2. The first-order valence-corrected chi connectivity index (χ1v) is 12.6. The fraction of sp³-hybridized carbons (Fsp3) is 0.345. The van der Waals surface area contributed by atoms with Crippen LogP contribution in [0, 0.1) is 11.8 Å². The molecule has 0 saturated carbocycles. The van der Waals surface area contributed by atoms with Crippen LogP contribution >= 0.6 is 11.6 Å². The number of halogens is 4. The van der Waals surface area contributed by atoms with Gasteiger partial charge in [0, 0.05) is 53.8 Å². The van der Waals surface area contributed by atoms with Crippen molar-refractivity contribution in [2.45, 2.75) is 49.5 Å². The number of alkyl halides is 3. The first-order chi connectivity index (χ1) is 17.7. The zero-order valence-corrected chi connectivity index (χ0v) is 20.8. The molecule has 37 heavy (non-hydrogen) atoms. The van der Waals surface area contributed by atoms with E-state index in [4.69, 9.17) is 16.3 Å².